The van der Waals surface area contributed by atoms with Gasteiger partial charge in [0.1, 0.15) is 5.60 Å². The van der Waals surface area contributed by atoms with Gasteiger partial charge < -0.3 is 9.67 Å². The number of nitrogens with zero attached hydrogens (tertiary/aromatic N) is 4. The molecule has 5 rings (SSSR count). The molecule has 2 saturated carbocycles. The number of aryl methyl sites for hydroxylation is 1. The maximum absolute atomic E-state index is 13.3. The molecule has 1 aromatic carbocycles. The zero-order valence-corrected chi connectivity index (χ0v) is 16.6. The smallest absolute Gasteiger partial charge is 0.378 e. The van der Waals surface area contributed by atoms with Gasteiger partial charge in [0, 0.05) is 24.7 Å². The van der Waals surface area contributed by atoms with Crippen LogP contribution in [0.25, 0.3) is 10.9 Å². The van der Waals surface area contributed by atoms with Crippen LogP contribution < -0.4 is 5.56 Å². The second kappa shape index (κ2) is 6.44. The second-order valence-corrected chi connectivity index (χ2v) is 8.40. The molecule has 9 heteroatoms. The summed E-state index contributed by atoms with van der Waals surface area (Å²) in [6, 6.07) is 6.65. The van der Waals surface area contributed by atoms with Gasteiger partial charge in [-0.15, -0.1) is 0 Å². The molecule has 2 aliphatic carbocycles. The molecule has 1 atom stereocenters. The molecule has 0 saturated heterocycles. The van der Waals surface area contributed by atoms with Crippen molar-refractivity contribution in [3.05, 3.63) is 63.2 Å². The van der Waals surface area contributed by atoms with Gasteiger partial charge in [-0.25, -0.2) is 0 Å². The van der Waals surface area contributed by atoms with Crippen molar-refractivity contribution in [2.24, 2.45) is 13.0 Å². The van der Waals surface area contributed by atoms with E-state index in [1.807, 2.05) is 0 Å². The van der Waals surface area contributed by atoms with E-state index in [1.165, 1.54) is 10.7 Å². The second-order valence-electron chi connectivity index (χ2n) is 8.40. The van der Waals surface area contributed by atoms with E-state index in [0.717, 1.165) is 25.0 Å². The first-order valence-electron chi connectivity index (χ1n) is 10.1. The third kappa shape index (κ3) is 2.97. The number of halogens is 3. The van der Waals surface area contributed by atoms with Crippen LogP contribution in [0.3, 0.4) is 0 Å². The van der Waals surface area contributed by atoms with Crippen molar-refractivity contribution in [1.82, 2.24) is 14.3 Å². The molecule has 1 N–H and O–H groups in total. The number of aromatic nitrogens is 3. The summed E-state index contributed by atoms with van der Waals surface area (Å²) >= 11 is 0. The van der Waals surface area contributed by atoms with Gasteiger partial charge in [-0.2, -0.15) is 23.5 Å². The highest BCUT2D eigenvalue weighted by atomic mass is 19.4. The number of aliphatic hydroxyl groups is 1. The third-order valence-corrected chi connectivity index (χ3v) is 6.28. The zero-order valence-electron chi connectivity index (χ0n) is 16.6. The topological polar surface area (TPSA) is 83.8 Å². The standard InChI is InChI=1S/C22H19F3N4O2/c1-28-19(16-8-9-29(15-5-6-15)20(30)18(16)27-28)21(31,13-2-3-13)14-4-7-17(22(23,24)25)12(10-14)11-26/h4,7-10,13,15,31H,2-3,5-6H2,1H3/t21-/m1/s1. The number of rotatable bonds is 4. The van der Waals surface area contributed by atoms with Crippen LogP contribution in [0.4, 0.5) is 13.2 Å². The Kier molecular flexibility index (Phi) is 4.12. The number of hydrogen-bond donors (Lipinski definition) is 1. The largest absolute Gasteiger partial charge is 0.417 e. The number of fused-ring (bicyclic) bond motifs is 1. The van der Waals surface area contributed by atoms with E-state index in [9.17, 15) is 28.3 Å². The summed E-state index contributed by atoms with van der Waals surface area (Å²) in [6.07, 6.45) is 0.221. The number of pyridine rings is 1. The number of benzene rings is 1. The summed E-state index contributed by atoms with van der Waals surface area (Å²) in [5, 5.41) is 26.0. The van der Waals surface area contributed by atoms with Crippen molar-refractivity contribution in [2.45, 2.75) is 43.5 Å². The fourth-order valence-electron chi connectivity index (χ4n) is 4.48. The molecule has 2 aliphatic rings. The monoisotopic (exact) mass is 428 g/mol. The minimum Gasteiger partial charge on any atom is -0.378 e. The lowest BCUT2D eigenvalue weighted by Gasteiger charge is -2.30. The lowest BCUT2D eigenvalue weighted by atomic mass is 9.82. The summed E-state index contributed by atoms with van der Waals surface area (Å²) in [5.41, 5.74) is -2.74. The van der Waals surface area contributed by atoms with Crippen molar-refractivity contribution in [3.8, 4) is 6.07 Å². The summed E-state index contributed by atoms with van der Waals surface area (Å²) in [5.74, 6) is -0.250. The molecule has 2 fully saturated rings. The number of alkyl halides is 3. The maximum Gasteiger partial charge on any atom is 0.417 e. The minimum absolute atomic E-state index is 0.165. The highest BCUT2D eigenvalue weighted by Crippen LogP contribution is 2.51. The van der Waals surface area contributed by atoms with Gasteiger partial charge in [-0.05, 0) is 55.4 Å². The van der Waals surface area contributed by atoms with Crippen LogP contribution in [0.5, 0.6) is 0 Å². The van der Waals surface area contributed by atoms with E-state index < -0.39 is 22.9 Å². The molecule has 0 spiro atoms. The summed E-state index contributed by atoms with van der Waals surface area (Å²) in [7, 11) is 1.61. The summed E-state index contributed by atoms with van der Waals surface area (Å²) in [6.45, 7) is 0. The molecule has 6 nitrogen and oxygen atoms in total. The predicted molar refractivity (Wildman–Crippen MR) is 105 cm³/mol. The van der Waals surface area contributed by atoms with Crippen LogP contribution in [0, 0.1) is 17.2 Å². The molecular weight excluding hydrogens is 409 g/mol. The van der Waals surface area contributed by atoms with Crippen molar-refractivity contribution < 1.29 is 18.3 Å². The first kappa shape index (κ1) is 19.8. The lowest BCUT2D eigenvalue weighted by Crippen LogP contribution is -2.33. The molecular formula is C22H19F3N4O2. The van der Waals surface area contributed by atoms with Crippen LogP contribution in [0.1, 0.15) is 54.1 Å². The van der Waals surface area contributed by atoms with Gasteiger partial charge in [0.2, 0.25) is 0 Å². The average Bonchev–Trinajstić information content (AvgIpc) is 3.63. The Morgan fingerprint density at radius 3 is 2.48 bits per heavy atom. The Morgan fingerprint density at radius 2 is 1.90 bits per heavy atom. The van der Waals surface area contributed by atoms with E-state index in [0.29, 0.717) is 23.9 Å². The minimum atomic E-state index is -4.67. The Labute approximate surface area is 175 Å². The molecule has 0 bridgehead atoms. The van der Waals surface area contributed by atoms with Gasteiger partial charge >= 0.3 is 6.18 Å². The van der Waals surface area contributed by atoms with Crippen molar-refractivity contribution in [3.63, 3.8) is 0 Å². The van der Waals surface area contributed by atoms with Crippen LogP contribution in [0.15, 0.2) is 35.3 Å². The summed E-state index contributed by atoms with van der Waals surface area (Å²) in [4.78, 5) is 12.9. The van der Waals surface area contributed by atoms with Gasteiger partial charge in [0.15, 0.2) is 5.52 Å². The molecule has 3 aromatic rings. The van der Waals surface area contributed by atoms with Crippen LogP contribution in [-0.2, 0) is 18.8 Å². The Morgan fingerprint density at radius 1 is 1.19 bits per heavy atom. The van der Waals surface area contributed by atoms with Crippen molar-refractivity contribution >= 4 is 10.9 Å². The maximum atomic E-state index is 13.3. The van der Waals surface area contributed by atoms with E-state index in [2.05, 4.69) is 5.10 Å². The highest BCUT2D eigenvalue weighted by molar-refractivity contribution is 5.82. The number of hydrogen-bond acceptors (Lipinski definition) is 4. The fourth-order valence-corrected chi connectivity index (χ4v) is 4.48. The molecule has 31 heavy (non-hydrogen) atoms. The molecule has 160 valence electrons. The van der Waals surface area contributed by atoms with Gasteiger partial charge in [0.25, 0.3) is 5.56 Å². The van der Waals surface area contributed by atoms with Crippen LogP contribution in [-0.4, -0.2) is 19.5 Å². The zero-order chi connectivity index (χ0) is 22.1. The highest BCUT2D eigenvalue weighted by Gasteiger charge is 2.50. The van der Waals surface area contributed by atoms with Crippen molar-refractivity contribution in [2.75, 3.05) is 0 Å². The molecule has 0 amide bonds. The first-order chi connectivity index (χ1) is 14.7. The average molecular weight is 428 g/mol. The Hall–Kier alpha value is -3.12. The summed E-state index contributed by atoms with van der Waals surface area (Å²) < 4.78 is 42.9. The fraction of sp³-hybridized carbons (Fsp3) is 0.409. The van der Waals surface area contributed by atoms with E-state index in [4.69, 9.17) is 0 Å². The number of nitriles is 1. The van der Waals surface area contributed by atoms with Crippen LogP contribution >= 0.6 is 0 Å². The normalized spacial score (nSPS) is 18.7. The van der Waals surface area contributed by atoms with Gasteiger partial charge in [-0.3, -0.25) is 9.48 Å². The quantitative estimate of drug-likeness (QED) is 0.688. The van der Waals surface area contributed by atoms with Crippen LogP contribution in [0.2, 0.25) is 0 Å². The molecule has 0 unspecified atom stereocenters. The van der Waals surface area contributed by atoms with E-state index >= 15 is 0 Å². The predicted octanol–water partition coefficient (Wildman–Crippen LogP) is 3.61. The van der Waals surface area contributed by atoms with E-state index in [1.54, 1.807) is 29.9 Å². The van der Waals surface area contributed by atoms with Crippen molar-refractivity contribution in [1.29, 1.82) is 5.26 Å². The third-order valence-electron chi connectivity index (χ3n) is 6.28. The molecule has 0 radical (unpaired) electrons. The van der Waals surface area contributed by atoms with Gasteiger partial charge in [0.05, 0.1) is 22.9 Å². The Bertz CT molecular complexity index is 1310. The first-order valence-corrected chi connectivity index (χ1v) is 10.1. The molecule has 2 aromatic heterocycles. The van der Waals surface area contributed by atoms with E-state index in [-0.39, 0.29) is 28.6 Å². The Balaban J connectivity index is 1.73. The molecule has 0 aliphatic heterocycles. The lowest BCUT2D eigenvalue weighted by molar-refractivity contribution is -0.137. The SMILES string of the molecule is Cn1nc2c(=O)n(C3CC3)ccc2c1[C@](O)(c1ccc(C(F)(F)F)c(C#N)c1)C1CC1. The van der Waals surface area contributed by atoms with Gasteiger partial charge in [-0.1, -0.05) is 6.07 Å². The molecule has 2 heterocycles.